The number of nitrogens with zero attached hydrogens (tertiary/aromatic N) is 2. The minimum absolute atomic E-state index is 0.101. The van der Waals surface area contributed by atoms with Crippen molar-refractivity contribution in [2.24, 2.45) is 11.7 Å². The quantitative estimate of drug-likeness (QED) is 0.512. The first-order valence-corrected chi connectivity index (χ1v) is 10.4. The van der Waals surface area contributed by atoms with E-state index in [-0.39, 0.29) is 5.84 Å². The van der Waals surface area contributed by atoms with Crippen LogP contribution < -0.4 is 5.73 Å². The first-order valence-electron chi connectivity index (χ1n) is 10.4. The predicted molar refractivity (Wildman–Crippen MR) is 122 cm³/mol. The van der Waals surface area contributed by atoms with Crippen LogP contribution in [0.1, 0.15) is 36.5 Å². The average Bonchev–Trinajstić information content (AvgIpc) is 2.68. The van der Waals surface area contributed by atoms with Gasteiger partial charge in [-0.15, -0.1) is 0 Å². The normalized spacial score (nSPS) is 15.0. The third-order valence-electron chi connectivity index (χ3n) is 5.76. The Hall–Kier alpha value is -2.66. The molecule has 2 aromatic carbocycles. The molecule has 3 rings (SSSR count). The molecule has 5 nitrogen and oxygen atoms in total. The fraction of sp³-hybridized carbons (Fsp3) is 0.417. The molecule has 1 heterocycles. The Morgan fingerprint density at radius 3 is 2.48 bits per heavy atom. The minimum atomic E-state index is 0.101. The van der Waals surface area contributed by atoms with Crippen LogP contribution in [-0.2, 0) is 6.54 Å². The highest BCUT2D eigenvalue weighted by molar-refractivity contribution is 5.96. The lowest BCUT2D eigenvalue weighted by Gasteiger charge is -2.34. The van der Waals surface area contributed by atoms with E-state index in [4.69, 9.17) is 16.6 Å². The Labute approximate surface area is 174 Å². The van der Waals surface area contributed by atoms with Gasteiger partial charge in [-0.25, -0.2) is 0 Å². The highest BCUT2D eigenvalue weighted by Gasteiger charge is 2.20. The molecule has 0 spiro atoms. The van der Waals surface area contributed by atoms with Crippen molar-refractivity contribution < 1.29 is 0 Å². The molecule has 0 amide bonds. The number of hydrogen-bond donors (Lipinski definition) is 3. The van der Waals surface area contributed by atoms with E-state index >= 15 is 0 Å². The summed E-state index contributed by atoms with van der Waals surface area (Å²) in [7, 11) is 2.20. The summed E-state index contributed by atoms with van der Waals surface area (Å²) in [5.41, 5.74) is 11.2. The molecule has 0 saturated carbocycles. The minimum Gasteiger partial charge on any atom is -0.384 e. The van der Waals surface area contributed by atoms with Crippen LogP contribution in [0.15, 0.2) is 42.5 Å². The lowest BCUT2D eigenvalue weighted by molar-refractivity contribution is 0.196. The molecule has 1 fully saturated rings. The number of likely N-dealkylation sites (tertiary alicyclic amines) is 1. The van der Waals surface area contributed by atoms with Gasteiger partial charge in [0, 0.05) is 31.7 Å². The smallest absolute Gasteiger partial charge is 0.122 e. The number of hydrogen-bond acceptors (Lipinski definition) is 3. The number of benzene rings is 2. The van der Waals surface area contributed by atoms with Gasteiger partial charge in [0.1, 0.15) is 5.84 Å². The van der Waals surface area contributed by atoms with Gasteiger partial charge in [0.15, 0.2) is 0 Å². The molecule has 1 aliphatic heterocycles. The Balaban J connectivity index is 1.66. The zero-order valence-electron chi connectivity index (χ0n) is 17.8. The van der Waals surface area contributed by atoms with Gasteiger partial charge in [-0.05, 0) is 68.5 Å². The molecule has 5 heteroatoms. The molecule has 1 saturated heterocycles. The van der Waals surface area contributed by atoms with Crippen molar-refractivity contribution in [2.45, 2.75) is 33.2 Å². The molecule has 1 aliphatic rings. The Bertz CT molecular complexity index is 881. The van der Waals surface area contributed by atoms with Crippen LogP contribution in [0.5, 0.6) is 0 Å². The third kappa shape index (κ3) is 5.67. The molecule has 2 aromatic rings. The second kappa shape index (κ2) is 9.23. The van der Waals surface area contributed by atoms with E-state index in [1.807, 2.05) is 25.1 Å². The van der Waals surface area contributed by atoms with Crippen molar-refractivity contribution in [3.05, 3.63) is 59.2 Å². The van der Waals surface area contributed by atoms with E-state index in [0.29, 0.717) is 11.8 Å². The lowest BCUT2D eigenvalue weighted by atomic mass is 9.95. The Kier molecular flexibility index (Phi) is 6.70. The maximum Gasteiger partial charge on any atom is 0.122 e. The maximum absolute atomic E-state index is 7.79. The summed E-state index contributed by atoms with van der Waals surface area (Å²) in [5, 5.41) is 15.5. The summed E-state index contributed by atoms with van der Waals surface area (Å²) in [5.74, 6) is 1.49. The maximum atomic E-state index is 7.79. The number of amidine groups is 2. The summed E-state index contributed by atoms with van der Waals surface area (Å²) < 4.78 is 0. The largest absolute Gasteiger partial charge is 0.384 e. The predicted octanol–water partition coefficient (Wildman–Crippen LogP) is 4.09. The molecule has 0 radical (unpaired) electrons. The fourth-order valence-electron chi connectivity index (χ4n) is 4.25. The van der Waals surface area contributed by atoms with Crippen molar-refractivity contribution in [3.8, 4) is 11.1 Å². The fourth-order valence-corrected chi connectivity index (χ4v) is 4.25. The average molecular weight is 392 g/mol. The van der Waals surface area contributed by atoms with Crippen molar-refractivity contribution in [1.82, 2.24) is 9.80 Å². The van der Waals surface area contributed by atoms with Gasteiger partial charge in [0.25, 0.3) is 0 Å². The van der Waals surface area contributed by atoms with E-state index in [2.05, 4.69) is 48.0 Å². The number of nitrogens with two attached hydrogens (primary N) is 1. The summed E-state index contributed by atoms with van der Waals surface area (Å²) in [4.78, 5) is 4.60. The van der Waals surface area contributed by atoms with Gasteiger partial charge in [0.2, 0.25) is 0 Å². The van der Waals surface area contributed by atoms with Crippen LogP contribution in [-0.4, -0.2) is 48.2 Å². The van der Waals surface area contributed by atoms with E-state index in [0.717, 1.165) is 50.1 Å². The molecule has 29 heavy (non-hydrogen) atoms. The molecule has 154 valence electrons. The van der Waals surface area contributed by atoms with E-state index < -0.39 is 0 Å². The SMILES string of the molecule is CC(=N)N1CCC(CN(C)Cc2cc(C)cc(-c3cccc(C(=N)N)c3)c2)CC1. The van der Waals surface area contributed by atoms with Crippen molar-refractivity contribution in [2.75, 3.05) is 26.7 Å². The van der Waals surface area contributed by atoms with Gasteiger partial charge < -0.3 is 15.5 Å². The number of piperidine rings is 1. The molecule has 0 bridgehead atoms. The highest BCUT2D eigenvalue weighted by atomic mass is 15.2. The summed E-state index contributed by atoms with van der Waals surface area (Å²) in [6.07, 6.45) is 2.33. The molecule has 0 aliphatic carbocycles. The lowest BCUT2D eigenvalue weighted by Crippen LogP contribution is -2.39. The zero-order chi connectivity index (χ0) is 21.0. The van der Waals surface area contributed by atoms with Gasteiger partial charge in [-0.2, -0.15) is 0 Å². The Morgan fingerprint density at radius 1 is 1.10 bits per heavy atom. The Morgan fingerprint density at radius 2 is 1.83 bits per heavy atom. The van der Waals surface area contributed by atoms with Crippen molar-refractivity contribution in [1.29, 1.82) is 10.8 Å². The third-order valence-corrected chi connectivity index (χ3v) is 5.76. The summed E-state index contributed by atoms with van der Waals surface area (Å²) in [6, 6.07) is 14.6. The second-order valence-electron chi connectivity index (χ2n) is 8.41. The summed E-state index contributed by atoms with van der Waals surface area (Å²) >= 11 is 0. The topological polar surface area (TPSA) is 80.2 Å². The van der Waals surface area contributed by atoms with Gasteiger partial charge in [0.05, 0.1) is 5.84 Å². The van der Waals surface area contributed by atoms with E-state index in [1.165, 1.54) is 16.7 Å². The van der Waals surface area contributed by atoms with Crippen LogP contribution in [0, 0.1) is 23.7 Å². The van der Waals surface area contributed by atoms with Crippen LogP contribution in [0.25, 0.3) is 11.1 Å². The van der Waals surface area contributed by atoms with Crippen molar-refractivity contribution in [3.63, 3.8) is 0 Å². The molecular weight excluding hydrogens is 358 g/mol. The molecule has 0 atom stereocenters. The van der Waals surface area contributed by atoms with Crippen LogP contribution in [0.4, 0.5) is 0 Å². The zero-order valence-corrected chi connectivity index (χ0v) is 17.8. The van der Waals surface area contributed by atoms with Crippen molar-refractivity contribution >= 4 is 11.7 Å². The monoisotopic (exact) mass is 391 g/mol. The van der Waals surface area contributed by atoms with Crippen LogP contribution >= 0.6 is 0 Å². The van der Waals surface area contributed by atoms with Crippen LogP contribution in [0.2, 0.25) is 0 Å². The number of aryl methyl sites for hydroxylation is 1. The highest BCUT2D eigenvalue weighted by Crippen LogP contribution is 2.25. The first-order chi connectivity index (χ1) is 13.8. The molecule has 0 unspecified atom stereocenters. The number of nitrogens with one attached hydrogen (secondary N) is 2. The number of rotatable bonds is 6. The van der Waals surface area contributed by atoms with Gasteiger partial charge >= 0.3 is 0 Å². The summed E-state index contributed by atoms with van der Waals surface area (Å²) in [6.45, 7) is 8.05. The van der Waals surface area contributed by atoms with E-state index in [9.17, 15) is 0 Å². The molecule has 0 aromatic heterocycles. The van der Waals surface area contributed by atoms with Crippen LogP contribution in [0.3, 0.4) is 0 Å². The first kappa shape index (κ1) is 21.1. The van der Waals surface area contributed by atoms with Gasteiger partial charge in [-0.3, -0.25) is 10.8 Å². The van der Waals surface area contributed by atoms with Gasteiger partial charge in [-0.1, -0.05) is 35.9 Å². The molecular formula is C24H33N5. The van der Waals surface area contributed by atoms with E-state index in [1.54, 1.807) is 0 Å². The molecule has 4 N–H and O–H groups in total. The second-order valence-corrected chi connectivity index (χ2v) is 8.41. The number of nitrogen functional groups attached to an aromatic ring is 1. The standard InChI is InChI=1S/C24H33N5/c1-17-11-20(13-23(12-17)21-5-4-6-22(14-21)24(26)27)16-28(3)15-19-7-9-29(10-8-19)18(2)25/h4-6,11-14,19,25H,7-10,15-16H2,1-3H3,(H3,26,27).